The van der Waals surface area contributed by atoms with E-state index < -0.39 is 35.2 Å². The van der Waals surface area contributed by atoms with Crippen molar-refractivity contribution in [2.75, 3.05) is 44.7 Å². The van der Waals surface area contributed by atoms with Gasteiger partial charge in [-0.1, -0.05) is 24.3 Å². The van der Waals surface area contributed by atoms with Gasteiger partial charge in [0.05, 0.1) is 5.69 Å². The molecule has 2 fully saturated rings. The maximum Gasteiger partial charge on any atom is 0.430 e. The van der Waals surface area contributed by atoms with Gasteiger partial charge in [0, 0.05) is 63.5 Å². The highest BCUT2D eigenvalue weighted by molar-refractivity contribution is 5.96. The Kier molecular flexibility index (Phi) is 9.48. The molecule has 4 rings (SSSR count). The lowest BCUT2D eigenvalue weighted by Crippen LogP contribution is -2.53. The Bertz CT molecular complexity index is 1240. The lowest BCUT2D eigenvalue weighted by molar-refractivity contribution is -0.376. The maximum absolute atomic E-state index is 14.7. The van der Waals surface area contributed by atoms with Crippen LogP contribution in [0.4, 0.5) is 36.4 Å². The fraction of sp³-hybridized carbons (Fsp3) is 0.500. The van der Waals surface area contributed by atoms with E-state index in [0.29, 0.717) is 44.0 Å². The summed E-state index contributed by atoms with van der Waals surface area (Å²) in [6.45, 7) is 2.58. The third kappa shape index (κ3) is 7.04. The molecule has 0 atom stereocenters. The molecule has 7 nitrogen and oxygen atoms in total. The standard InChI is InChI=1S/C28H30F7N3O4/c29-22-16-20(3-6-23(22)36-24(39)15-18-7-13-42-14-8-18)25(40)38-11-9-37(10-12-38)17-19-1-4-21(5-2-19)26(41,27(30,31)32)28(33,34)35/h1-6,16,18,41H,7-15,17H2,(H,36,39). The molecule has 2 aromatic carbocycles. The predicted molar refractivity (Wildman–Crippen MR) is 137 cm³/mol. The van der Waals surface area contributed by atoms with Gasteiger partial charge in [0.25, 0.3) is 11.5 Å². The van der Waals surface area contributed by atoms with Crippen LogP contribution in [0.25, 0.3) is 0 Å². The summed E-state index contributed by atoms with van der Waals surface area (Å²) >= 11 is 0. The van der Waals surface area contributed by atoms with Crippen LogP contribution in [0.1, 0.15) is 40.7 Å². The number of nitrogens with one attached hydrogen (secondary N) is 1. The average molecular weight is 606 g/mol. The van der Waals surface area contributed by atoms with Crippen molar-refractivity contribution in [3.05, 3.63) is 65.0 Å². The first-order valence-corrected chi connectivity index (χ1v) is 13.3. The zero-order chi connectivity index (χ0) is 30.7. The number of nitrogens with zero attached hydrogens (tertiary/aromatic N) is 2. The first-order chi connectivity index (χ1) is 19.7. The molecule has 0 unspecified atom stereocenters. The minimum atomic E-state index is -5.96. The second kappa shape index (κ2) is 12.6. The van der Waals surface area contributed by atoms with Gasteiger partial charge in [0.2, 0.25) is 5.91 Å². The molecule has 2 heterocycles. The van der Waals surface area contributed by atoms with Crippen LogP contribution in [-0.2, 0) is 21.7 Å². The number of aliphatic hydroxyl groups is 1. The summed E-state index contributed by atoms with van der Waals surface area (Å²) in [5.74, 6) is -1.31. The van der Waals surface area contributed by atoms with Crippen LogP contribution in [0.15, 0.2) is 42.5 Å². The van der Waals surface area contributed by atoms with Gasteiger partial charge in [-0.25, -0.2) is 4.39 Å². The Labute approximate surface area is 237 Å². The van der Waals surface area contributed by atoms with Crippen LogP contribution in [-0.4, -0.2) is 78.5 Å². The number of carbonyl (C=O) groups is 2. The van der Waals surface area contributed by atoms with E-state index in [9.17, 15) is 45.4 Å². The van der Waals surface area contributed by atoms with Crippen molar-refractivity contribution in [2.24, 2.45) is 5.92 Å². The van der Waals surface area contributed by atoms with E-state index in [-0.39, 0.29) is 49.1 Å². The molecular formula is C28H30F7N3O4. The number of carbonyl (C=O) groups excluding carboxylic acids is 2. The van der Waals surface area contributed by atoms with E-state index >= 15 is 0 Å². The van der Waals surface area contributed by atoms with Crippen molar-refractivity contribution in [3.63, 3.8) is 0 Å². The average Bonchev–Trinajstić information content (AvgIpc) is 2.93. The second-order valence-corrected chi connectivity index (χ2v) is 10.5. The fourth-order valence-corrected chi connectivity index (χ4v) is 5.05. The number of rotatable bonds is 7. The summed E-state index contributed by atoms with van der Waals surface area (Å²) < 4.78 is 98.6. The predicted octanol–water partition coefficient (Wildman–Crippen LogP) is 4.85. The van der Waals surface area contributed by atoms with Gasteiger partial charge in [-0.3, -0.25) is 14.5 Å². The topological polar surface area (TPSA) is 82.1 Å². The number of amides is 2. The first-order valence-electron chi connectivity index (χ1n) is 13.3. The zero-order valence-electron chi connectivity index (χ0n) is 22.4. The van der Waals surface area contributed by atoms with E-state index in [0.717, 1.165) is 31.0 Å². The third-order valence-corrected chi connectivity index (χ3v) is 7.56. The largest absolute Gasteiger partial charge is 0.430 e. The highest BCUT2D eigenvalue weighted by atomic mass is 19.4. The van der Waals surface area contributed by atoms with Gasteiger partial charge in [-0.2, -0.15) is 26.3 Å². The molecule has 2 aliphatic rings. The maximum atomic E-state index is 14.7. The summed E-state index contributed by atoms with van der Waals surface area (Å²) in [5, 5.41) is 12.1. The van der Waals surface area contributed by atoms with Gasteiger partial charge < -0.3 is 20.1 Å². The molecule has 2 amide bonds. The summed E-state index contributed by atoms with van der Waals surface area (Å²) in [5.41, 5.74) is -5.83. The molecule has 0 spiro atoms. The molecule has 230 valence electrons. The van der Waals surface area contributed by atoms with Crippen molar-refractivity contribution >= 4 is 17.5 Å². The second-order valence-electron chi connectivity index (χ2n) is 10.5. The number of benzene rings is 2. The minimum absolute atomic E-state index is 0.0247. The summed E-state index contributed by atoms with van der Waals surface area (Å²) in [6, 6.07) is 7.19. The quantitative estimate of drug-likeness (QED) is 0.442. The summed E-state index contributed by atoms with van der Waals surface area (Å²) in [4.78, 5) is 28.6. The minimum Gasteiger partial charge on any atom is -0.381 e. The molecule has 14 heteroatoms. The van der Waals surface area contributed by atoms with Crippen molar-refractivity contribution in [1.82, 2.24) is 9.80 Å². The normalized spacial score (nSPS) is 17.8. The van der Waals surface area contributed by atoms with Crippen LogP contribution < -0.4 is 5.32 Å². The summed E-state index contributed by atoms with van der Waals surface area (Å²) in [6.07, 6.45) is -10.1. The molecule has 2 N–H and O–H groups in total. The Morgan fingerprint density at radius 2 is 1.50 bits per heavy atom. The van der Waals surface area contributed by atoms with E-state index in [1.54, 1.807) is 0 Å². The monoisotopic (exact) mass is 605 g/mol. The molecule has 2 aromatic rings. The number of anilines is 1. The lowest BCUT2D eigenvalue weighted by atomic mass is 9.91. The number of hydrogen-bond acceptors (Lipinski definition) is 5. The molecule has 0 aliphatic carbocycles. The highest BCUT2D eigenvalue weighted by Gasteiger charge is 2.71. The number of alkyl halides is 6. The van der Waals surface area contributed by atoms with Crippen LogP contribution in [0.3, 0.4) is 0 Å². The Balaban J connectivity index is 1.30. The van der Waals surface area contributed by atoms with E-state index in [1.807, 2.05) is 4.90 Å². The third-order valence-electron chi connectivity index (χ3n) is 7.56. The van der Waals surface area contributed by atoms with Gasteiger partial charge in [0.15, 0.2) is 0 Å². The van der Waals surface area contributed by atoms with E-state index in [1.165, 1.54) is 17.0 Å². The number of piperazine rings is 1. The van der Waals surface area contributed by atoms with E-state index in [4.69, 9.17) is 4.74 Å². The molecule has 2 aliphatic heterocycles. The highest BCUT2D eigenvalue weighted by Crippen LogP contribution is 2.50. The molecule has 42 heavy (non-hydrogen) atoms. The smallest absolute Gasteiger partial charge is 0.381 e. The molecule has 0 saturated carbocycles. The molecule has 0 aromatic heterocycles. The molecule has 0 bridgehead atoms. The summed E-state index contributed by atoms with van der Waals surface area (Å²) in [7, 11) is 0. The van der Waals surface area contributed by atoms with Crippen molar-refractivity contribution < 1.29 is 50.2 Å². The van der Waals surface area contributed by atoms with Crippen molar-refractivity contribution in [2.45, 2.75) is 43.8 Å². The van der Waals surface area contributed by atoms with Crippen LogP contribution in [0, 0.1) is 11.7 Å². The van der Waals surface area contributed by atoms with Crippen LogP contribution in [0.5, 0.6) is 0 Å². The van der Waals surface area contributed by atoms with Crippen molar-refractivity contribution in [3.8, 4) is 0 Å². The Morgan fingerprint density at radius 1 is 0.905 bits per heavy atom. The number of halogens is 7. The van der Waals surface area contributed by atoms with Gasteiger partial charge >= 0.3 is 12.4 Å². The zero-order valence-corrected chi connectivity index (χ0v) is 22.4. The number of hydrogen-bond donors (Lipinski definition) is 2. The number of ether oxygens (including phenoxy) is 1. The van der Waals surface area contributed by atoms with Gasteiger partial charge in [-0.15, -0.1) is 0 Å². The molecule has 0 radical (unpaired) electrons. The van der Waals surface area contributed by atoms with Gasteiger partial charge in [0.1, 0.15) is 5.82 Å². The van der Waals surface area contributed by atoms with Crippen LogP contribution in [0.2, 0.25) is 0 Å². The Hall–Kier alpha value is -3.23. The fourth-order valence-electron chi connectivity index (χ4n) is 5.05. The van der Waals surface area contributed by atoms with Gasteiger partial charge in [-0.05, 0) is 42.5 Å². The van der Waals surface area contributed by atoms with E-state index in [2.05, 4.69) is 5.32 Å². The van der Waals surface area contributed by atoms with Crippen LogP contribution >= 0.6 is 0 Å². The van der Waals surface area contributed by atoms with Crippen molar-refractivity contribution in [1.29, 1.82) is 0 Å². The first kappa shape index (κ1) is 31.7. The Morgan fingerprint density at radius 3 is 2.05 bits per heavy atom. The molecular weight excluding hydrogens is 575 g/mol. The molecule has 2 saturated heterocycles. The SMILES string of the molecule is O=C(CC1CCOCC1)Nc1ccc(C(=O)N2CCN(Cc3ccc(C(O)(C(F)(F)F)C(F)(F)F)cc3)CC2)cc1F. The lowest BCUT2D eigenvalue weighted by Gasteiger charge is -2.35.